The molecule has 0 saturated heterocycles. The molecule has 7 nitrogen and oxygen atoms in total. The molecule has 0 bridgehead atoms. The Morgan fingerprint density at radius 1 is 1.25 bits per heavy atom. The summed E-state index contributed by atoms with van der Waals surface area (Å²) in [4.78, 5) is 30.2. The van der Waals surface area contributed by atoms with Crippen molar-refractivity contribution in [3.63, 3.8) is 0 Å². The zero-order valence-corrected chi connectivity index (χ0v) is 10.6. The maximum absolute atomic E-state index is 11.9. The molecule has 0 aliphatic heterocycles. The number of benzene rings is 1. The molecule has 0 unspecified atom stereocenters. The zero-order chi connectivity index (χ0) is 14.7. The number of aromatic hydroxyl groups is 1. The van der Waals surface area contributed by atoms with Gasteiger partial charge in [0.05, 0.1) is 23.6 Å². The van der Waals surface area contributed by atoms with E-state index in [1.54, 1.807) is 0 Å². The molecule has 102 valence electrons. The number of hydrogen-bond acceptors (Lipinski definition) is 5. The quantitative estimate of drug-likeness (QED) is 0.744. The van der Waals surface area contributed by atoms with Crippen LogP contribution in [0.1, 0.15) is 20.8 Å². The minimum atomic E-state index is -1.18. The Morgan fingerprint density at radius 2 is 2.00 bits per heavy atom. The van der Waals surface area contributed by atoms with Gasteiger partial charge in [-0.2, -0.15) is 0 Å². The lowest BCUT2D eigenvalue weighted by molar-refractivity contribution is 0.0696. The smallest absolute Gasteiger partial charge is 0.335 e. The molecular formula is C12H8ClN3O4. The van der Waals surface area contributed by atoms with Crippen LogP contribution >= 0.6 is 11.6 Å². The van der Waals surface area contributed by atoms with Crippen LogP contribution in [0.5, 0.6) is 5.75 Å². The number of phenols is 1. The summed E-state index contributed by atoms with van der Waals surface area (Å²) < 4.78 is 0. The fourth-order valence-corrected chi connectivity index (χ4v) is 1.55. The van der Waals surface area contributed by atoms with Crippen molar-refractivity contribution in [3.05, 3.63) is 47.0 Å². The highest BCUT2D eigenvalue weighted by Crippen LogP contribution is 2.24. The molecule has 0 aliphatic rings. The molecule has 0 saturated carbocycles. The number of carboxylic acid groups (broad SMARTS) is 1. The molecule has 2 aromatic rings. The Bertz CT molecular complexity index is 690. The molecule has 1 heterocycles. The molecule has 8 heteroatoms. The lowest BCUT2D eigenvalue weighted by atomic mass is 10.2. The van der Waals surface area contributed by atoms with E-state index in [9.17, 15) is 14.7 Å². The Hall–Kier alpha value is -2.67. The predicted octanol–water partition coefficient (Wildman–Crippen LogP) is 1.79. The highest BCUT2D eigenvalue weighted by molar-refractivity contribution is 6.29. The number of carbonyl (C=O) groups excluding carboxylic acids is 1. The lowest BCUT2D eigenvalue weighted by Crippen LogP contribution is -2.14. The predicted molar refractivity (Wildman–Crippen MR) is 70.1 cm³/mol. The van der Waals surface area contributed by atoms with Gasteiger partial charge in [-0.05, 0) is 18.2 Å². The second kappa shape index (κ2) is 5.54. The van der Waals surface area contributed by atoms with Crippen molar-refractivity contribution < 1.29 is 19.8 Å². The number of aromatic carboxylic acids is 1. The number of carboxylic acids is 1. The summed E-state index contributed by atoms with van der Waals surface area (Å²) in [7, 11) is 0. The minimum absolute atomic E-state index is 0.0427. The van der Waals surface area contributed by atoms with Crippen LogP contribution in [0.4, 0.5) is 5.69 Å². The maximum Gasteiger partial charge on any atom is 0.335 e. The van der Waals surface area contributed by atoms with Gasteiger partial charge in [-0.15, -0.1) is 0 Å². The van der Waals surface area contributed by atoms with Crippen LogP contribution in [0.2, 0.25) is 5.15 Å². The van der Waals surface area contributed by atoms with Gasteiger partial charge in [0.1, 0.15) is 16.6 Å². The van der Waals surface area contributed by atoms with Gasteiger partial charge in [0.2, 0.25) is 0 Å². The van der Waals surface area contributed by atoms with Gasteiger partial charge in [0, 0.05) is 0 Å². The number of rotatable bonds is 3. The molecule has 1 aromatic heterocycles. The van der Waals surface area contributed by atoms with Gasteiger partial charge in [-0.3, -0.25) is 9.78 Å². The molecule has 1 aromatic carbocycles. The summed E-state index contributed by atoms with van der Waals surface area (Å²) in [5.74, 6) is -2.11. The fourth-order valence-electron chi connectivity index (χ4n) is 1.41. The van der Waals surface area contributed by atoms with Crippen LogP contribution < -0.4 is 5.32 Å². The van der Waals surface area contributed by atoms with Crippen LogP contribution in [-0.4, -0.2) is 32.1 Å². The summed E-state index contributed by atoms with van der Waals surface area (Å²) in [6, 6.07) is 3.52. The number of anilines is 1. The Morgan fingerprint density at radius 3 is 2.65 bits per heavy atom. The number of carbonyl (C=O) groups is 2. The highest BCUT2D eigenvalue weighted by Gasteiger charge is 2.13. The van der Waals surface area contributed by atoms with Gasteiger partial charge in [0.25, 0.3) is 5.91 Å². The van der Waals surface area contributed by atoms with Crippen LogP contribution in [0, 0.1) is 0 Å². The van der Waals surface area contributed by atoms with Crippen LogP contribution in [0.15, 0.2) is 30.6 Å². The highest BCUT2D eigenvalue weighted by atomic mass is 35.5. The van der Waals surface area contributed by atoms with Gasteiger partial charge in [-0.1, -0.05) is 11.6 Å². The molecule has 2 rings (SSSR count). The second-order valence-electron chi connectivity index (χ2n) is 3.72. The van der Waals surface area contributed by atoms with E-state index in [1.807, 2.05) is 0 Å². The number of halogens is 1. The zero-order valence-electron chi connectivity index (χ0n) is 9.87. The first-order valence-corrected chi connectivity index (χ1v) is 5.70. The monoisotopic (exact) mass is 293 g/mol. The third-order valence-electron chi connectivity index (χ3n) is 2.33. The fraction of sp³-hybridized carbons (Fsp3) is 0. The molecular weight excluding hydrogens is 286 g/mol. The molecule has 0 fully saturated rings. The first-order valence-electron chi connectivity index (χ1n) is 5.32. The molecule has 20 heavy (non-hydrogen) atoms. The molecule has 0 atom stereocenters. The second-order valence-corrected chi connectivity index (χ2v) is 4.11. The largest absolute Gasteiger partial charge is 0.506 e. The van der Waals surface area contributed by atoms with Gasteiger partial charge in [-0.25, -0.2) is 9.78 Å². The van der Waals surface area contributed by atoms with Crippen molar-refractivity contribution >= 4 is 29.2 Å². The van der Waals surface area contributed by atoms with Crippen molar-refractivity contribution in [1.29, 1.82) is 0 Å². The first-order chi connectivity index (χ1) is 9.47. The number of aromatic nitrogens is 2. The first kappa shape index (κ1) is 13.8. The van der Waals surface area contributed by atoms with Gasteiger partial charge < -0.3 is 15.5 Å². The maximum atomic E-state index is 11.9. The van der Waals surface area contributed by atoms with E-state index in [0.717, 1.165) is 6.07 Å². The van der Waals surface area contributed by atoms with Crippen molar-refractivity contribution in [2.45, 2.75) is 0 Å². The van der Waals surface area contributed by atoms with Crippen molar-refractivity contribution in [2.24, 2.45) is 0 Å². The number of nitrogens with zero attached hydrogens (tertiary/aromatic N) is 2. The number of phenolic OH excluding ortho intramolecular Hbond substituents is 1. The van der Waals surface area contributed by atoms with Crippen molar-refractivity contribution in [3.8, 4) is 5.75 Å². The summed E-state index contributed by atoms with van der Waals surface area (Å²) in [6.07, 6.45) is 2.46. The van der Waals surface area contributed by atoms with E-state index < -0.39 is 11.9 Å². The average Bonchev–Trinajstić information content (AvgIpc) is 2.41. The van der Waals surface area contributed by atoms with E-state index >= 15 is 0 Å². The van der Waals surface area contributed by atoms with Crippen LogP contribution in [-0.2, 0) is 0 Å². The molecule has 3 N–H and O–H groups in total. The summed E-state index contributed by atoms with van der Waals surface area (Å²) >= 11 is 5.61. The summed E-state index contributed by atoms with van der Waals surface area (Å²) in [6.45, 7) is 0. The van der Waals surface area contributed by atoms with E-state index in [4.69, 9.17) is 16.7 Å². The SMILES string of the molecule is O=C(O)c1ccc(O)c(NC(=O)c2cncc(Cl)n2)c1. The minimum Gasteiger partial charge on any atom is -0.506 e. The third-order valence-corrected chi connectivity index (χ3v) is 2.51. The Kier molecular flexibility index (Phi) is 3.81. The van der Waals surface area contributed by atoms with Crippen LogP contribution in [0.3, 0.4) is 0 Å². The molecule has 1 amide bonds. The summed E-state index contributed by atoms with van der Waals surface area (Å²) in [5.41, 5.74) is -0.176. The van der Waals surface area contributed by atoms with Crippen LogP contribution in [0.25, 0.3) is 0 Å². The summed E-state index contributed by atoms with van der Waals surface area (Å²) in [5, 5.41) is 20.8. The Balaban J connectivity index is 2.27. The van der Waals surface area contributed by atoms with Crippen molar-refractivity contribution in [2.75, 3.05) is 5.32 Å². The van der Waals surface area contributed by atoms with Gasteiger partial charge in [0.15, 0.2) is 0 Å². The van der Waals surface area contributed by atoms with E-state index in [1.165, 1.54) is 24.5 Å². The number of hydrogen-bond donors (Lipinski definition) is 3. The van der Waals surface area contributed by atoms with Gasteiger partial charge >= 0.3 is 5.97 Å². The standard InChI is InChI=1S/C12H8ClN3O4/c13-10-5-14-4-8(15-10)11(18)16-7-3-6(12(19)20)1-2-9(7)17/h1-5,17H,(H,16,18)(H,19,20). The Labute approximate surface area is 117 Å². The van der Waals surface area contributed by atoms with E-state index in [0.29, 0.717) is 0 Å². The number of nitrogens with one attached hydrogen (secondary N) is 1. The topological polar surface area (TPSA) is 112 Å². The normalized spacial score (nSPS) is 10.1. The molecule has 0 spiro atoms. The molecule has 0 radical (unpaired) electrons. The van der Waals surface area contributed by atoms with Crippen molar-refractivity contribution in [1.82, 2.24) is 9.97 Å². The van der Waals surface area contributed by atoms with E-state index in [-0.39, 0.29) is 27.8 Å². The third kappa shape index (κ3) is 3.01. The molecule has 0 aliphatic carbocycles. The average molecular weight is 294 g/mol. The number of amides is 1. The van der Waals surface area contributed by atoms with E-state index in [2.05, 4.69) is 15.3 Å². The lowest BCUT2D eigenvalue weighted by Gasteiger charge is -2.07.